The molecule has 0 radical (unpaired) electrons. The molecule has 0 atom stereocenters. The number of aliphatic imine (C=N–C) groups is 1. The maximum atomic E-state index is 6.01. The highest BCUT2D eigenvalue weighted by molar-refractivity contribution is 14.0. The molecule has 0 amide bonds. The van der Waals surface area contributed by atoms with Crippen molar-refractivity contribution >= 4 is 35.6 Å². The number of hydrogen-bond donors (Lipinski definition) is 2. The number of benzene rings is 2. The summed E-state index contributed by atoms with van der Waals surface area (Å²) in [4.78, 5) is 6.73. The van der Waals surface area contributed by atoms with Crippen LogP contribution in [0.15, 0.2) is 47.5 Å². The second-order valence-corrected chi connectivity index (χ2v) is 6.18. The molecule has 0 fully saturated rings. The van der Waals surface area contributed by atoms with Crippen molar-refractivity contribution in [2.45, 2.75) is 20.4 Å². The molecule has 154 valence electrons. The molecule has 2 aromatic rings. The molecule has 0 heterocycles. The molecule has 0 bridgehead atoms. The summed E-state index contributed by atoms with van der Waals surface area (Å²) < 4.78 is 10.6. The van der Waals surface area contributed by atoms with Crippen LogP contribution in [0.5, 0.6) is 11.5 Å². The maximum absolute atomic E-state index is 6.01. The van der Waals surface area contributed by atoms with Crippen molar-refractivity contribution < 1.29 is 9.47 Å². The fourth-order valence-corrected chi connectivity index (χ4v) is 2.90. The van der Waals surface area contributed by atoms with E-state index in [-0.39, 0.29) is 24.0 Å². The topological polar surface area (TPSA) is 72.1 Å². The first-order valence-electron chi connectivity index (χ1n) is 9.14. The van der Waals surface area contributed by atoms with Gasteiger partial charge in [0.1, 0.15) is 0 Å². The highest BCUT2D eigenvalue weighted by Gasteiger charge is 2.07. The van der Waals surface area contributed by atoms with E-state index in [1.54, 1.807) is 14.2 Å². The quantitative estimate of drug-likeness (QED) is 0.314. The number of rotatable bonds is 9. The Hall–Kier alpha value is -2.16. The SMILES string of the molecule is CCN(CCNC(N)=NCc1ccc(OC)c(OC)c1)c1ccccc1C.I. The lowest BCUT2D eigenvalue weighted by molar-refractivity contribution is 0.354. The van der Waals surface area contributed by atoms with Crippen molar-refractivity contribution in [3.8, 4) is 11.5 Å². The van der Waals surface area contributed by atoms with Crippen LogP contribution in [-0.2, 0) is 6.54 Å². The standard InChI is InChI=1S/C21H30N4O2.HI/c1-5-25(18-9-7-6-8-16(18)2)13-12-23-21(22)24-15-17-10-11-19(26-3)20(14-17)27-4;/h6-11,14H,5,12-13,15H2,1-4H3,(H3,22,23,24);1H. The summed E-state index contributed by atoms with van der Waals surface area (Å²) in [6, 6.07) is 14.1. The number of ether oxygens (including phenoxy) is 2. The van der Waals surface area contributed by atoms with E-state index in [2.05, 4.69) is 53.3 Å². The molecule has 2 aromatic carbocycles. The average Bonchev–Trinajstić information content (AvgIpc) is 2.70. The number of nitrogens with zero attached hydrogens (tertiary/aromatic N) is 2. The van der Waals surface area contributed by atoms with Crippen LogP contribution >= 0.6 is 24.0 Å². The second-order valence-electron chi connectivity index (χ2n) is 6.18. The zero-order valence-corrected chi connectivity index (χ0v) is 19.4. The Morgan fingerprint density at radius 1 is 1.11 bits per heavy atom. The van der Waals surface area contributed by atoms with E-state index < -0.39 is 0 Å². The van der Waals surface area contributed by atoms with Gasteiger partial charge in [0.2, 0.25) is 0 Å². The summed E-state index contributed by atoms with van der Waals surface area (Å²) >= 11 is 0. The van der Waals surface area contributed by atoms with Crippen molar-refractivity contribution in [3.05, 3.63) is 53.6 Å². The van der Waals surface area contributed by atoms with Gasteiger partial charge in [0.15, 0.2) is 17.5 Å². The fraction of sp³-hybridized carbons (Fsp3) is 0.381. The van der Waals surface area contributed by atoms with Crippen LogP contribution in [0.25, 0.3) is 0 Å². The number of para-hydroxylation sites is 1. The van der Waals surface area contributed by atoms with Crippen molar-refractivity contribution in [1.29, 1.82) is 0 Å². The average molecular weight is 498 g/mol. The van der Waals surface area contributed by atoms with E-state index in [1.165, 1.54) is 11.3 Å². The number of nitrogens with two attached hydrogens (primary N) is 1. The highest BCUT2D eigenvalue weighted by atomic mass is 127. The van der Waals surface area contributed by atoms with Crippen LogP contribution in [0.1, 0.15) is 18.1 Å². The number of aryl methyl sites for hydroxylation is 1. The first kappa shape index (κ1) is 23.9. The molecule has 28 heavy (non-hydrogen) atoms. The molecule has 0 aromatic heterocycles. The number of methoxy groups -OCH3 is 2. The van der Waals surface area contributed by atoms with Gasteiger partial charge in [-0.05, 0) is 43.2 Å². The molecule has 0 saturated heterocycles. The van der Waals surface area contributed by atoms with E-state index in [4.69, 9.17) is 15.2 Å². The summed E-state index contributed by atoms with van der Waals surface area (Å²) in [7, 11) is 3.24. The van der Waals surface area contributed by atoms with Gasteiger partial charge in [-0.2, -0.15) is 0 Å². The van der Waals surface area contributed by atoms with Crippen LogP contribution in [0.3, 0.4) is 0 Å². The fourth-order valence-electron chi connectivity index (χ4n) is 2.90. The van der Waals surface area contributed by atoms with Gasteiger partial charge in [-0.25, -0.2) is 4.99 Å². The molecular weight excluding hydrogens is 467 g/mol. The summed E-state index contributed by atoms with van der Waals surface area (Å²) in [5, 5.41) is 3.19. The molecule has 7 heteroatoms. The molecule has 0 aliphatic carbocycles. The zero-order chi connectivity index (χ0) is 19.6. The zero-order valence-electron chi connectivity index (χ0n) is 17.1. The van der Waals surface area contributed by atoms with Crippen LogP contribution in [0.2, 0.25) is 0 Å². The summed E-state index contributed by atoms with van der Waals surface area (Å²) in [6.07, 6.45) is 0. The first-order valence-corrected chi connectivity index (χ1v) is 9.14. The Morgan fingerprint density at radius 3 is 2.46 bits per heavy atom. The predicted molar refractivity (Wildman–Crippen MR) is 127 cm³/mol. The largest absolute Gasteiger partial charge is 0.493 e. The van der Waals surface area contributed by atoms with E-state index in [0.717, 1.165) is 25.2 Å². The van der Waals surface area contributed by atoms with Crippen molar-refractivity contribution in [3.63, 3.8) is 0 Å². The van der Waals surface area contributed by atoms with E-state index >= 15 is 0 Å². The van der Waals surface area contributed by atoms with Crippen molar-refractivity contribution in [1.82, 2.24) is 5.32 Å². The van der Waals surface area contributed by atoms with E-state index in [9.17, 15) is 0 Å². The molecule has 0 aliphatic heterocycles. The Balaban J connectivity index is 0.00000392. The minimum atomic E-state index is 0. The van der Waals surface area contributed by atoms with Gasteiger partial charge >= 0.3 is 0 Å². The molecule has 3 N–H and O–H groups in total. The van der Waals surface area contributed by atoms with Gasteiger partial charge in [-0.1, -0.05) is 24.3 Å². The van der Waals surface area contributed by atoms with Gasteiger partial charge < -0.3 is 25.4 Å². The maximum Gasteiger partial charge on any atom is 0.188 e. The van der Waals surface area contributed by atoms with E-state index in [1.807, 2.05) is 18.2 Å². The number of anilines is 1. The minimum Gasteiger partial charge on any atom is -0.493 e. The Kier molecular flexibility index (Phi) is 10.5. The normalized spacial score (nSPS) is 10.8. The minimum absolute atomic E-state index is 0. The molecule has 2 rings (SSSR count). The smallest absolute Gasteiger partial charge is 0.188 e. The van der Waals surface area contributed by atoms with Gasteiger partial charge in [0, 0.05) is 25.3 Å². The molecule has 0 unspecified atom stereocenters. The van der Waals surface area contributed by atoms with Crippen LogP contribution in [0, 0.1) is 6.92 Å². The first-order chi connectivity index (χ1) is 13.1. The van der Waals surface area contributed by atoms with Gasteiger partial charge in [0.05, 0.1) is 20.8 Å². The van der Waals surface area contributed by atoms with Gasteiger partial charge in [-0.3, -0.25) is 0 Å². The van der Waals surface area contributed by atoms with Crippen molar-refractivity contribution in [2.24, 2.45) is 10.7 Å². The third-order valence-electron chi connectivity index (χ3n) is 4.41. The number of guanidine groups is 1. The number of likely N-dealkylation sites (N-methyl/N-ethyl adjacent to an activating group) is 1. The molecule has 0 aliphatic rings. The van der Waals surface area contributed by atoms with Gasteiger partial charge in [0.25, 0.3) is 0 Å². The third kappa shape index (κ3) is 6.78. The van der Waals surface area contributed by atoms with Crippen LogP contribution in [-0.4, -0.2) is 39.8 Å². The summed E-state index contributed by atoms with van der Waals surface area (Å²) in [6.45, 7) is 7.28. The highest BCUT2D eigenvalue weighted by Crippen LogP contribution is 2.27. The van der Waals surface area contributed by atoms with Crippen molar-refractivity contribution in [2.75, 3.05) is 38.8 Å². The summed E-state index contributed by atoms with van der Waals surface area (Å²) in [5.74, 6) is 1.83. The lowest BCUT2D eigenvalue weighted by atomic mass is 10.2. The van der Waals surface area contributed by atoms with Crippen LogP contribution < -0.4 is 25.4 Å². The molecule has 0 spiro atoms. The van der Waals surface area contributed by atoms with E-state index in [0.29, 0.717) is 24.0 Å². The Bertz CT molecular complexity index is 768. The number of halogens is 1. The number of nitrogens with one attached hydrogen (secondary N) is 1. The van der Waals surface area contributed by atoms with Gasteiger partial charge in [-0.15, -0.1) is 24.0 Å². The lowest BCUT2D eigenvalue weighted by Crippen LogP contribution is -2.38. The molecule has 0 saturated carbocycles. The third-order valence-corrected chi connectivity index (χ3v) is 4.41. The Labute approximate surface area is 185 Å². The monoisotopic (exact) mass is 498 g/mol. The number of hydrogen-bond acceptors (Lipinski definition) is 4. The lowest BCUT2D eigenvalue weighted by Gasteiger charge is -2.25. The molecular formula is C21H31IN4O2. The molecule has 6 nitrogen and oxygen atoms in total. The predicted octanol–water partition coefficient (Wildman–Crippen LogP) is 3.56. The second kappa shape index (κ2) is 12.3. The van der Waals surface area contributed by atoms with Crippen LogP contribution in [0.4, 0.5) is 5.69 Å². The Morgan fingerprint density at radius 2 is 1.82 bits per heavy atom. The summed E-state index contributed by atoms with van der Waals surface area (Å²) in [5.41, 5.74) is 9.54.